The summed E-state index contributed by atoms with van der Waals surface area (Å²) in [5.41, 5.74) is 3.90. The number of azo groups is 2. The Labute approximate surface area is 292 Å². The minimum absolute atomic E-state index is 0.313. The lowest BCUT2D eigenvalue weighted by molar-refractivity contribution is -0.127. The number of nitrogens with one attached hydrogen (secondary N) is 3. The number of hydrogen-bond donors (Lipinski definition) is 3. The van der Waals surface area contributed by atoms with Gasteiger partial charge >= 0.3 is 0 Å². The minimum Gasteiger partial charge on any atom is -0.324 e. The highest BCUT2D eigenvalue weighted by Gasteiger charge is 2.25. The lowest BCUT2D eigenvalue weighted by atomic mass is 10.1. The highest BCUT2D eigenvalue weighted by atomic mass is 35.5. The minimum atomic E-state index is -1.37. The van der Waals surface area contributed by atoms with Crippen LogP contribution in [0.5, 0.6) is 0 Å². The summed E-state index contributed by atoms with van der Waals surface area (Å²) < 4.78 is 0. The van der Waals surface area contributed by atoms with E-state index in [9.17, 15) is 24.0 Å². The molecule has 0 fully saturated rings. The summed E-state index contributed by atoms with van der Waals surface area (Å²) in [5.74, 6) is -2.67. The van der Waals surface area contributed by atoms with Gasteiger partial charge in [-0.2, -0.15) is 20.5 Å². The normalized spacial score (nSPS) is 12.4. The second-order valence-electron chi connectivity index (χ2n) is 10.9. The van der Waals surface area contributed by atoms with E-state index in [1.54, 1.807) is 74.5 Å². The maximum Gasteiger partial charge on any atom is 0.258 e. The number of carbonyl (C=O) groups is 5. The van der Waals surface area contributed by atoms with Crippen LogP contribution in [0.1, 0.15) is 35.3 Å². The van der Waals surface area contributed by atoms with Crippen molar-refractivity contribution in [1.29, 1.82) is 0 Å². The summed E-state index contributed by atoms with van der Waals surface area (Å²) in [7, 11) is 0. The van der Waals surface area contributed by atoms with Crippen molar-refractivity contribution in [3.8, 4) is 0 Å². The van der Waals surface area contributed by atoms with Crippen molar-refractivity contribution in [3.05, 3.63) is 112 Å². The van der Waals surface area contributed by atoms with Crippen LogP contribution in [0.15, 0.2) is 105 Å². The average molecular weight is 701 g/mol. The Morgan fingerprint density at radius 2 is 0.980 bits per heavy atom. The molecule has 3 amide bonds. The smallest absolute Gasteiger partial charge is 0.258 e. The number of nitrogens with zero attached hydrogens (tertiary/aromatic N) is 4. The van der Waals surface area contributed by atoms with E-state index < -0.39 is 41.4 Å². The fourth-order valence-electron chi connectivity index (χ4n) is 4.32. The Morgan fingerprint density at radius 3 is 1.37 bits per heavy atom. The number of amides is 3. The monoisotopic (exact) mass is 699 g/mol. The molecule has 0 bridgehead atoms. The summed E-state index contributed by atoms with van der Waals surface area (Å²) in [6.07, 6.45) is 0. The van der Waals surface area contributed by atoms with Crippen LogP contribution in [0, 0.1) is 13.8 Å². The van der Waals surface area contributed by atoms with Crippen molar-refractivity contribution in [2.75, 3.05) is 16.0 Å². The molecule has 12 nitrogen and oxygen atoms in total. The van der Waals surface area contributed by atoms with Gasteiger partial charge in [0.05, 0.1) is 11.4 Å². The van der Waals surface area contributed by atoms with Gasteiger partial charge in [-0.05, 0) is 124 Å². The first-order chi connectivity index (χ1) is 23.3. The zero-order valence-electron chi connectivity index (χ0n) is 26.8. The molecular weight excluding hydrogens is 669 g/mol. The van der Waals surface area contributed by atoms with Gasteiger partial charge in [-0.15, -0.1) is 0 Å². The SMILES string of the molecule is CC(=O)[C@H](N=Nc1ccc(NC(=O)c2ccc(N=N[C@@H](C(C)=O)C(=O)Nc3ccc(Cl)cc3C)cc2)cc1)C(=O)Nc1ccc(Cl)cc1C. The fourth-order valence-corrected chi connectivity index (χ4v) is 4.77. The number of hydrogen-bond acceptors (Lipinski definition) is 9. The van der Waals surface area contributed by atoms with Gasteiger partial charge in [0, 0.05) is 32.7 Å². The molecule has 2 atom stereocenters. The first-order valence-corrected chi connectivity index (χ1v) is 15.5. The molecule has 14 heteroatoms. The van der Waals surface area contributed by atoms with Crippen LogP contribution >= 0.6 is 23.2 Å². The lowest BCUT2D eigenvalue weighted by Crippen LogP contribution is -2.32. The highest BCUT2D eigenvalue weighted by Crippen LogP contribution is 2.23. The molecule has 4 rings (SSSR count). The number of benzene rings is 4. The molecule has 0 aliphatic rings. The third-order valence-electron chi connectivity index (χ3n) is 6.99. The van der Waals surface area contributed by atoms with E-state index in [1.165, 1.54) is 38.1 Å². The Hall–Kier alpha value is -5.59. The molecule has 49 heavy (non-hydrogen) atoms. The molecule has 0 aliphatic heterocycles. The van der Waals surface area contributed by atoms with Crippen molar-refractivity contribution in [1.82, 2.24) is 0 Å². The molecule has 250 valence electrons. The van der Waals surface area contributed by atoms with Crippen molar-refractivity contribution >= 4 is 80.9 Å². The summed E-state index contributed by atoms with van der Waals surface area (Å²) >= 11 is 11.9. The molecular formula is C35H31Cl2N7O5. The number of Topliss-reactive ketones (excluding diaryl/α,β-unsaturated/α-hetero) is 2. The van der Waals surface area contributed by atoms with E-state index >= 15 is 0 Å². The second kappa shape index (κ2) is 16.5. The van der Waals surface area contributed by atoms with Gasteiger partial charge in [0.25, 0.3) is 17.7 Å². The van der Waals surface area contributed by atoms with E-state index in [0.29, 0.717) is 44.0 Å². The van der Waals surface area contributed by atoms with Crippen LogP contribution in [0.2, 0.25) is 10.0 Å². The van der Waals surface area contributed by atoms with Crippen LogP contribution in [-0.2, 0) is 19.2 Å². The third kappa shape index (κ3) is 10.2. The summed E-state index contributed by atoms with van der Waals surface area (Å²) in [4.78, 5) is 62.6. The Balaban J connectivity index is 1.34. The predicted octanol–water partition coefficient (Wildman–Crippen LogP) is 8.22. The van der Waals surface area contributed by atoms with E-state index in [0.717, 1.165) is 11.1 Å². The molecule has 0 aliphatic carbocycles. The van der Waals surface area contributed by atoms with Crippen LogP contribution in [0.3, 0.4) is 0 Å². The zero-order valence-corrected chi connectivity index (χ0v) is 28.3. The van der Waals surface area contributed by atoms with Gasteiger partial charge in [-0.3, -0.25) is 24.0 Å². The maximum atomic E-state index is 12.8. The van der Waals surface area contributed by atoms with Crippen molar-refractivity contribution in [2.24, 2.45) is 20.5 Å². The Kier molecular flexibility index (Phi) is 12.2. The van der Waals surface area contributed by atoms with Crippen LogP contribution in [-0.4, -0.2) is 41.4 Å². The molecule has 0 saturated carbocycles. The topological polar surface area (TPSA) is 171 Å². The standard InChI is InChI=1S/C35H31Cl2N7O5/c1-19-17-24(36)7-15-29(19)39-34(48)31(21(3)45)43-41-27-9-5-23(6-10-27)33(47)38-26-11-13-28(14-12-26)42-44-32(22(4)46)35(49)40-30-16-8-25(37)18-20(30)2/h5-18,31-32H,1-4H3,(H,38,47)(H,39,48)(H,40,49)/t31-,32-/m0/s1. The van der Waals surface area contributed by atoms with Crippen molar-refractivity contribution in [3.63, 3.8) is 0 Å². The van der Waals surface area contributed by atoms with Gasteiger partial charge in [-0.1, -0.05) is 23.2 Å². The van der Waals surface area contributed by atoms with E-state index in [4.69, 9.17) is 23.2 Å². The average Bonchev–Trinajstić information content (AvgIpc) is 3.04. The van der Waals surface area contributed by atoms with Crippen molar-refractivity contribution < 1.29 is 24.0 Å². The lowest BCUT2D eigenvalue weighted by Gasteiger charge is -2.12. The van der Waals surface area contributed by atoms with Crippen molar-refractivity contribution in [2.45, 2.75) is 39.8 Å². The third-order valence-corrected chi connectivity index (χ3v) is 7.46. The number of halogens is 2. The molecule has 0 aromatic heterocycles. The summed E-state index contributed by atoms with van der Waals surface area (Å²) in [6, 6.07) is 19.5. The van der Waals surface area contributed by atoms with Gasteiger partial charge in [-0.25, -0.2) is 0 Å². The van der Waals surface area contributed by atoms with Gasteiger partial charge in [0.2, 0.25) is 12.1 Å². The first kappa shape index (κ1) is 36.2. The molecule has 0 saturated heterocycles. The molecule has 0 radical (unpaired) electrons. The fraction of sp³-hybridized carbons (Fsp3) is 0.171. The maximum absolute atomic E-state index is 12.8. The van der Waals surface area contributed by atoms with E-state index in [2.05, 4.69) is 36.4 Å². The van der Waals surface area contributed by atoms with E-state index in [1.807, 2.05) is 0 Å². The summed E-state index contributed by atoms with van der Waals surface area (Å²) in [5, 5.41) is 25.1. The molecule has 0 unspecified atom stereocenters. The largest absolute Gasteiger partial charge is 0.324 e. The number of rotatable bonds is 12. The van der Waals surface area contributed by atoms with Crippen LogP contribution in [0.25, 0.3) is 0 Å². The second-order valence-corrected chi connectivity index (χ2v) is 11.8. The molecule has 0 spiro atoms. The Morgan fingerprint density at radius 1 is 0.571 bits per heavy atom. The molecule has 0 heterocycles. The van der Waals surface area contributed by atoms with Gasteiger partial charge in [0.15, 0.2) is 11.6 Å². The van der Waals surface area contributed by atoms with Gasteiger partial charge in [0.1, 0.15) is 0 Å². The number of carbonyl (C=O) groups excluding carboxylic acids is 5. The van der Waals surface area contributed by atoms with Crippen LogP contribution in [0.4, 0.5) is 28.4 Å². The number of anilines is 3. The molecule has 4 aromatic carbocycles. The van der Waals surface area contributed by atoms with Crippen LogP contribution < -0.4 is 16.0 Å². The first-order valence-electron chi connectivity index (χ1n) is 14.8. The Bertz CT molecular complexity index is 1960. The predicted molar refractivity (Wildman–Crippen MR) is 188 cm³/mol. The quantitative estimate of drug-likeness (QED) is 0.0997. The number of aryl methyl sites for hydroxylation is 2. The summed E-state index contributed by atoms with van der Waals surface area (Å²) in [6.45, 7) is 6.04. The van der Waals surface area contributed by atoms with Gasteiger partial charge < -0.3 is 16.0 Å². The molecule has 3 N–H and O–H groups in total. The molecule has 4 aromatic rings. The number of ketones is 2. The zero-order chi connectivity index (χ0) is 35.7. The highest BCUT2D eigenvalue weighted by molar-refractivity contribution is 6.31. The van der Waals surface area contributed by atoms with E-state index in [-0.39, 0.29) is 0 Å².